The summed E-state index contributed by atoms with van der Waals surface area (Å²) in [4.78, 5) is 27.5. The second-order valence-electron chi connectivity index (χ2n) is 8.93. The van der Waals surface area contributed by atoms with Crippen LogP contribution in [0.15, 0.2) is 42.5 Å². The summed E-state index contributed by atoms with van der Waals surface area (Å²) in [5.74, 6) is -1.72. The highest BCUT2D eigenvalue weighted by atomic mass is 35.5. The molecular formula is C23H28Cl2FN3O4S. The number of anilines is 1. The number of nitrogens with zero attached hydrogens (tertiary/aromatic N) is 2. The van der Waals surface area contributed by atoms with E-state index in [1.165, 1.54) is 23.1 Å². The molecule has 0 saturated carbocycles. The Morgan fingerprint density at radius 2 is 1.74 bits per heavy atom. The van der Waals surface area contributed by atoms with Gasteiger partial charge in [0.25, 0.3) is 0 Å². The van der Waals surface area contributed by atoms with Gasteiger partial charge in [0.15, 0.2) is 0 Å². The zero-order chi connectivity index (χ0) is 25.8. The molecule has 0 aliphatic carbocycles. The molecule has 186 valence electrons. The first-order valence-corrected chi connectivity index (χ1v) is 13.0. The van der Waals surface area contributed by atoms with E-state index >= 15 is 0 Å². The number of rotatable bonds is 8. The van der Waals surface area contributed by atoms with Crippen LogP contribution in [0.25, 0.3) is 0 Å². The van der Waals surface area contributed by atoms with Gasteiger partial charge in [-0.25, -0.2) is 12.8 Å². The third kappa shape index (κ3) is 7.85. The quantitative estimate of drug-likeness (QED) is 0.552. The van der Waals surface area contributed by atoms with Gasteiger partial charge >= 0.3 is 0 Å². The summed E-state index contributed by atoms with van der Waals surface area (Å²) in [7, 11) is -3.94. The van der Waals surface area contributed by atoms with Crippen molar-refractivity contribution in [2.45, 2.75) is 45.8 Å². The Morgan fingerprint density at radius 1 is 1.09 bits per heavy atom. The van der Waals surface area contributed by atoms with Gasteiger partial charge in [-0.2, -0.15) is 0 Å². The molecule has 34 heavy (non-hydrogen) atoms. The zero-order valence-corrected chi connectivity index (χ0v) is 21.9. The van der Waals surface area contributed by atoms with Crippen molar-refractivity contribution in [1.82, 2.24) is 10.2 Å². The average Bonchev–Trinajstić information content (AvgIpc) is 2.70. The molecular weight excluding hydrogens is 504 g/mol. The van der Waals surface area contributed by atoms with Crippen molar-refractivity contribution in [3.8, 4) is 0 Å². The summed E-state index contributed by atoms with van der Waals surface area (Å²) in [6.45, 7) is 6.30. The lowest BCUT2D eigenvalue weighted by Gasteiger charge is -2.33. The molecule has 11 heteroatoms. The first-order chi connectivity index (χ1) is 15.6. The highest BCUT2D eigenvalue weighted by Crippen LogP contribution is 2.24. The lowest BCUT2D eigenvalue weighted by Crippen LogP contribution is -2.54. The van der Waals surface area contributed by atoms with Crippen LogP contribution in [0, 0.1) is 5.82 Å². The second-order valence-corrected chi connectivity index (χ2v) is 11.7. The third-order valence-electron chi connectivity index (χ3n) is 4.78. The van der Waals surface area contributed by atoms with Crippen LogP contribution in [0.1, 0.15) is 33.3 Å². The van der Waals surface area contributed by atoms with Gasteiger partial charge in [0.2, 0.25) is 21.8 Å². The van der Waals surface area contributed by atoms with Crippen LogP contribution >= 0.6 is 23.2 Å². The first kappa shape index (κ1) is 27.9. The van der Waals surface area contributed by atoms with Crippen LogP contribution in [0.5, 0.6) is 0 Å². The maximum absolute atomic E-state index is 13.8. The molecule has 0 saturated heterocycles. The number of hydrogen-bond acceptors (Lipinski definition) is 4. The van der Waals surface area contributed by atoms with E-state index in [4.69, 9.17) is 23.2 Å². The van der Waals surface area contributed by atoms with E-state index in [2.05, 4.69) is 5.32 Å². The van der Waals surface area contributed by atoms with Crippen LogP contribution in [-0.4, -0.2) is 49.5 Å². The van der Waals surface area contributed by atoms with Gasteiger partial charge in [-0.3, -0.25) is 13.9 Å². The summed E-state index contributed by atoms with van der Waals surface area (Å²) in [5, 5.41) is 3.43. The zero-order valence-electron chi connectivity index (χ0n) is 19.6. The van der Waals surface area contributed by atoms with E-state index in [0.717, 1.165) is 16.6 Å². The fourth-order valence-corrected chi connectivity index (χ4v) is 4.30. The summed E-state index contributed by atoms with van der Waals surface area (Å²) in [6, 6.07) is 8.77. The number of carbonyl (C=O) groups is 2. The third-order valence-corrected chi connectivity index (χ3v) is 6.66. The van der Waals surface area contributed by atoms with Gasteiger partial charge in [-0.15, -0.1) is 0 Å². The van der Waals surface area contributed by atoms with E-state index in [0.29, 0.717) is 10.6 Å². The number of halogens is 3. The molecule has 0 fully saturated rings. The van der Waals surface area contributed by atoms with E-state index in [1.54, 1.807) is 45.9 Å². The Labute approximate surface area is 209 Å². The maximum atomic E-state index is 13.8. The van der Waals surface area contributed by atoms with Crippen LogP contribution in [0.2, 0.25) is 10.0 Å². The molecule has 2 rings (SSSR count). The molecule has 1 N–H and O–H groups in total. The number of nitrogens with one attached hydrogen (secondary N) is 1. The van der Waals surface area contributed by atoms with E-state index in [9.17, 15) is 22.4 Å². The van der Waals surface area contributed by atoms with Crippen molar-refractivity contribution in [2.24, 2.45) is 0 Å². The van der Waals surface area contributed by atoms with E-state index < -0.39 is 45.8 Å². The molecule has 0 bridgehead atoms. The summed E-state index contributed by atoms with van der Waals surface area (Å²) in [6.07, 6.45) is 0.921. The SMILES string of the molecule is C[C@H](C(=O)NC(C)(C)C)N(Cc1ccc(Cl)c(Cl)c1)C(=O)CN(c1cccc(F)c1)S(C)(=O)=O. The van der Waals surface area contributed by atoms with Crippen molar-refractivity contribution in [1.29, 1.82) is 0 Å². The molecule has 7 nitrogen and oxygen atoms in total. The van der Waals surface area contributed by atoms with Crippen LogP contribution in [-0.2, 0) is 26.2 Å². The van der Waals surface area contributed by atoms with Crippen molar-refractivity contribution in [3.63, 3.8) is 0 Å². The second kappa shape index (κ2) is 10.9. The standard InChI is InChI=1S/C23H28Cl2FN3O4S/c1-15(22(31)27-23(2,3)4)28(13-16-9-10-19(24)20(25)11-16)21(30)14-29(34(5,32)33)18-8-6-7-17(26)12-18/h6-12,15H,13-14H2,1-5H3,(H,27,31)/t15-/m1/s1. The lowest BCUT2D eigenvalue weighted by molar-refractivity contribution is -0.140. The highest BCUT2D eigenvalue weighted by molar-refractivity contribution is 7.92. The Morgan fingerprint density at radius 3 is 2.26 bits per heavy atom. The average molecular weight is 532 g/mol. The minimum atomic E-state index is -3.94. The molecule has 0 aliphatic heterocycles. The molecule has 2 aromatic carbocycles. The number of sulfonamides is 1. The molecule has 2 aromatic rings. The van der Waals surface area contributed by atoms with Crippen LogP contribution in [0.4, 0.5) is 10.1 Å². The number of amides is 2. The van der Waals surface area contributed by atoms with Crippen LogP contribution in [0.3, 0.4) is 0 Å². The van der Waals surface area contributed by atoms with Crippen molar-refractivity contribution < 1.29 is 22.4 Å². The molecule has 0 heterocycles. The van der Waals surface area contributed by atoms with Gasteiger partial charge in [0.05, 0.1) is 22.0 Å². The summed E-state index contributed by atoms with van der Waals surface area (Å²) < 4.78 is 39.5. The van der Waals surface area contributed by atoms with Crippen molar-refractivity contribution in [3.05, 3.63) is 63.9 Å². The van der Waals surface area contributed by atoms with Gasteiger partial charge < -0.3 is 10.2 Å². The Bertz CT molecular complexity index is 1170. The lowest BCUT2D eigenvalue weighted by atomic mass is 10.1. The Balaban J connectivity index is 2.43. The van der Waals surface area contributed by atoms with Crippen LogP contribution < -0.4 is 9.62 Å². The van der Waals surface area contributed by atoms with Gasteiger partial charge in [0.1, 0.15) is 18.4 Å². The predicted molar refractivity (Wildman–Crippen MR) is 133 cm³/mol. The van der Waals surface area contributed by atoms with Gasteiger partial charge in [-0.05, 0) is 63.6 Å². The Kier molecular flexibility index (Phi) is 8.96. The topological polar surface area (TPSA) is 86.8 Å². The highest BCUT2D eigenvalue weighted by Gasteiger charge is 2.31. The number of hydrogen-bond donors (Lipinski definition) is 1. The van der Waals surface area contributed by atoms with E-state index in [-0.39, 0.29) is 17.3 Å². The van der Waals surface area contributed by atoms with Gasteiger partial charge in [-0.1, -0.05) is 35.3 Å². The summed E-state index contributed by atoms with van der Waals surface area (Å²) >= 11 is 12.1. The molecule has 0 radical (unpaired) electrons. The fraction of sp³-hybridized carbons (Fsp3) is 0.391. The molecule has 1 atom stereocenters. The van der Waals surface area contributed by atoms with Crippen molar-refractivity contribution >= 4 is 50.7 Å². The molecule has 0 aromatic heterocycles. The summed E-state index contributed by atoms with van der Waals surface area (Å²) in [5.41, 5.74) is 0.0382. The molecule has 0 unspecified atom stereocenters. The smallest absolute Gasteiger partial charge is 0.244 e. The Hall–Kier alpha value is -2.36. The minimum Gasteiger partial charge on any atom is -0.350 e. The minimum absolute atomic E-state index is 0.00265. The maximum Gasteiger partial charge on any atom is 0.244 e. The molecule has 0 aliphatic rings. The van der Waals surface area contributed by atoms with E-state index in [1.807, 2.05) is 0 Å². The van der Waals surface area contributed by atoms with Crippen molar-refractivity contribution in [2.75, 3.05) is 17.1 Å². The largest absolute Gasteiger partial charge is 0.350 e. The molecule has 0 spiro atoms. The normalized spacial score (nSPS) is 12.7. The fourth-order valence-electron chi connectivity index (χ4n) is 3.14. The number of carbonyl (C=O) groups excluding carboxylic acids is 2. The predicted octanol–water partition coefficient (Wildman–Crippen LogP) is 4.23. The molecule has 2 amide bonds. The monoisotopic (exact) mass is 531 g/mol. The van der Waals surface area contributed by atoms with Gasteiger partial charge in [0, 0.05) is 12.1 Å². The first-order valence-electron chi connectivity index (χ1n) is 10.4. The number of benzene rings is 2.